The minimum absolute atomic E-state index is 0.108. The number of anilines is 3. The largest absolute Gasteiger partial charge is 0.359 e. The molecule has 0 unspecified atom stereocenters. The number of carbonyl (C=O) groups is 2. The molecule has 0 saturated heterocycles. The number of hydrogen-bond acceptors (Lipinski definition) is 6. The quantitative estimate of drug-likeness (QED) is 0.627. The SMILES string of the molecule is CC(C)(C)c1cc(NC(=O)c2cccnc2Nc2cccc3c2CNC3=O)no1. The van der Waals surface area contributed by atoms with Gasteiger partial charge in [-0.3, -0.25) is 9.59 Å². The van der Waals surface area contributed by atoms with Gasteiger partial charge in [0.1, 0.15) is 11.6 Å². The van der Waals surface area contributed by atoms with Crippen molar-refractivity contribution in [2.45, 2.75) is 32.7 Å². The Balaban J connectivity index is 1.58. The van der Waals surface area contributed by atoms with Gasteiger partial charge in [0, 0.05) is 41.0 Å². The number of carbonyl (C=O) groups excluding carboxylic acids is 2. The van der Waals surface area contributed by atoms with Crippen LogP contribution in [0.2, 0.25) is 0 Å². The number of rotatable bonds is 4. The minimum atomic E-state index is -0.365. The summed E-state index contributed by atoms with van der Waals surface area (Å²) in [6.07, 6.45) is 1.60. The third kappa shape index (κ3) is 3.69. The van der Waals surface area contributed by atoms with Gasteiger partial charge in [-0.05, 0) is 24.3 Å². The van der Waals surface area contributed by atoms with Gasteiger partial charge in [-0.25, -0.2) is 4.98 Å². The van der Waals surface area contributed by atoms with E-state index in [1.807, 2.05) is 26.8 Å². The van der Waals surface area contributed by atoms with E-state index in [1.165, 1.54) is 0 Å². The zero-order chi connectivity index (χ0) is 20.6. The minimum Gasteiger partial charge on any atom is -0.359 e. The Morgan fingerprint density at radius 1 is 1.21 bits per heavy atom. The van der Waals surface area contributed by atoms with Crippen LogP contribution in [0.5, 0.6) is 0 Å². The zero-order valence-electron chi connectivity index (χ0n) is 16.4. The monoisotopic (exact) mass is 391 g/mol. The standard InChI is InChI=1S/C21H21N5O3/c1-21(2,3)16-10-17(26-29-16)25-20(28)13-7-5-9-22-18(13)24-15-8-4-6-12-14(15)11-23-19(12)27/h4-10H,11H2,1-3H3,(H,22,24)(H,23,27)(H,25,26,28). The van der Waals surface area contributed by atoms with Crippen LogP contribution in [0.3, 0.4) is 0 Å². The average Bonchev–Trinajstić information content (AvgIpc) is 3.30. The molecule has 2 aromatic heterocycles. The molecule has 0 fully saturated rings. The van der Waals surface area contributed by atoms with Crippen molar-refractivity contribution in [2.75, 3.05) is 10.6 Å². The molecule has 1 aliphatic heterocycles. The first kappa shape index (κ1) is 18.7. The molecule has 8 heteroatoms. The average molecular weight is 391 g/mol. The summed E-state index contributed by atoms with van der Waals surface area (Å²) in [4.78, 5) is 29.0. The van der Waals surface area contributed by atoms with Crippen molar-refractivity contribution in [3.8, 4) is 0 Å². The molecule has 8 nitrogen and oxygen atoms in total. The van der Waals surface area contributed by atoms with Crippen molar-refractivity contribution < 1.29 is 14.1 Å². The number of fused-ring (bicyclic) bond motifs is 1. The van der Waals surface area contributed by atoms with Crippen LogP contribution in [0.15, 0.2) is 47.1 Å². The maximum absolute atomic E-state index is 12.8. The van der Waals surface area contributed by atoms with Crippen LogP contribution < -0.4 is 16.0 Å². The van der Waals surface area contributed by atoms with E-state index < -0.39 is 0 Å². The van der Waals surface area contributed by atoms with E-state index in [2.05, 4.69) is 26.1 Å². The highest BCUT2D eigenvalue weighted by molar-refractivity contribution is 6.07. The van der Waals surface area contributed by atoms with Crippen LogP contribution in [-0.2, 0) is 12.0 Å². The first-order chi connectivity index (χ1) is 13.8. The molecule has 0 radical (unpaired) electrons. The van der Waals surface area contributed by atoms with Gasteiger partial charge in [-0.2, -0.15) is 0 Å². The molecular weight excluding hydrogens is 370 g/mol. The predicted octanol–water partition coefficient (Wildman–Crippen LogP) is 3.61. The molecule has 3 N–H and O–H groups in total. The molecule has 3 aromatic rings. The number of benzene rings is 1. The van der Waals surface area contributed by atoms with Gasteiger partial charge in [0.15, 0.2) is 5.82 Å². The summed E-state index contributed by atoms with van der Waals surface area (Å²) in [5.74, 6) is 0.927. The van der Waals surface area contributed by atoms with E-state index in [4.69, 9.17) is 4.52 Å². The van der Waals surface area contributed by atoms with Gasteiger partial charge >= 0.3 is 0 Å². The summed E-state index contributed by atoms with van der Waals surface area (Å²) < 4.78 is 5.32. The highest BCUT2D eigenvalue weighted by Crippen LogP contribution is 2.28. The van der Waals surface area contributed by atoms with Crippen LogP contribution in [0.1, 0.15) is 52.8 Å². The number of amides is 2. The normalized spacial score (nSPS) is 13.0. The summed E-state index contributed by atoms with van der Waals surface area (Å²) >= 11 is 0. The van der Waals surface area contributed by atoms with Crippen molar-refractivity contribution in [3.05, 3.63) is 65.0 Å². The Morgan fingerprint density at radius 3 is 2.79 bits per heavy atom. The van der Waals surface area contributed by atoms with Gasteiger partial charge in [0.05, 0.1) is 5.56 Å². The molecule has 0 aliphatic carbocycles. The Morgan fingerprint density at radius 2 is 2.03 bits per heavy atom. The van der Waals surface area contributed by atoms with Crippen molar-refractivity contribution in [3.63, 3.8) is 0 Å². The topological polar surface area (TPSA) is 109 Å². The number of nitrogens with zero attached hydrogens (tertiary/aromatic N) is 2. The van der Waals surface area contributed by atoms with Crippen LogP contribution in [-0.4, -0.2) is 22.0 Å². The van der Waals surface area contributed by atoms with Gasteiger partial charge in [0.25, 0.3) is 11.8 Å². The van der Waals surface area contributed by atoms with E-state index in [1.54, 1.807) is 36.5 Å². The van der Waals surface area contributed by atoms with Crippen LogP contribution in [0.4, 0.5) is 17.3 Å². The molecule has 3 heterocycles. The number of hydrogen-bond donors (Lipinski definition) is 3. The molecular formula is C21H21N5O3. The third-order valence-electron chi connectivity index (χ3n) is 4.64. The fourth-order valence-corrected chi connectivity index (χ4v) is 3.06. The van der Waals surface area contributed by atoms with E-state index in [0.29, 0.717) is 35.1 Å². The van der Waals surface area contributed by atoms with Crippen LogP contribution in [0.25, 0.3) is 0 Å². The summed E-state index contributed by atoms with van der Waals surface area (Å²) in [6.45, 7) is 6.43. The molecule has 148 valence electrons. The van der Waals surface area contributed by atoms with Crippen molar-refractivity contribution >= 4 is 29.1 Å². The molecule has 4 rings (SSSR count). The van der Waals surface area contributed by atoms with Gasteiger partial charge in [0.2, 0.25) is 0 Å². The van der Waals surface area contributed by atoms with E-state index in [9.17, 15) is 9.59 Å². The smallest absolute Gasteiger partial charge is 0.260 e. The molecule has 2 amide bonds. The second kappa shape index (κ2) is 7.05. The summed E-state index contributed by atoms with van der Waals surface area (Å²) in [5, 5.41) is 12.6. The van der Waals surface area contributed by atoms with Crippen molar-refractivity contribution in [2.24, 2.45) is 0 Å². The molecule has 29 heavy (non-hydrogen) atoms. The van der Waals surface area contributed by atoms with Crippen LogP contribution in [0, 0.1) is 0 Å². The summed E-state index contributed by atoms with van der Waals surface area (Å²) in [5.41, 5.74) is 2.33. The molecule has 0 atom stereocenters. The highest BCUT2D eigenvalue weighted by Gasteiger charge is 2.23. The van der Waals surface area contributed by atoms with Crippen molar-refractivity contribution in [1.29, 1.82) is 0 Å². The van der Waals surface area contributed by atoms with E-state index >= 15 is 0 Å². The lowest BCUT2D eigenvalue weighted by Gasteiger charge is -2.13. The maximum Gasteiger partial charge on any atom is 0.260 e. The second-order valence-corrected chi connectivity index (χ2v) is 7.82. The first-order valence-corrected chi connectivity index (χ1v) is 9.23. The van der Waals surface area contributed by atoms with Gasteiger partial charge in [-0.15, -0.1) is 0 Å². The molecule has 0 bridgehead atoms. The number of pyridine rings is 1. The molecule has 0 spiro atoms. The fourth-order valence-electron chi connectivity index (χ4n) is 3.06. The Labute approximate surface area is 167 Å². The zero-order valence-corrected chi connectivity index (χ0v) is 16.4. The summed E-state index contributed by atoms with van der Waals surface area (Å²) in [7, 11) is 0. The Bertz CT molecular complexity index is 1100. The lowest BCUT2D eigenvalue weighted by molar-refractivity contribution is 0.0964. The maximum atomic E-state index is 12.8. The third-order valence-corrected chi connectivity index (χ3v) is 4.64. The predicted molar refractivity (Wildman–Crippen MR) is 108 cm³/mol. The second-order valence-electron chi connectivity index (χ2n) is 7.82. The number of nitrogens with one attached hydrogen (secondary N) is 3. The molecule has 1 aromatic carbocycles. The van der Waals surface area contributed by atoms with Gasteiger partial charge in [-0.1, -0.05) is 32.0 Å². The fraction of sp³-hybridized carbons (Fsp3) is 0.238. The lowest BCUT2D eigenvalue weighted by Crippen LogP contribution is -2.15. The number of aromatic nitrogens is 2. The lowest BCUT2D eigenvalue weighted by atomic mass is 9.93. The van der Waals surface area contributed by atoms with Crippen LogP contribution >= 0.6 is 0 Å². The first-order valence-electron chi connectivity index (χ1n) is 9.23. The highest BCUT2D eigenvalue weighted by atomic mass is 16.5. The Hall–Kier alpha value is -3.68. The van der Waals surface area contributed by atoms with Gasteiger partial charge < -0.3 is 20.5 Å². The van der Waals surface area contributed by atoms with E-state index in [0.717, 1.165) is 11.3 Å². The molecule has 0 saturated carbocycles. The van der Waals surface area contributed by atoms with E-state index in [-0.39, 0.29) is 17.2 Å². The Kier molecular flexibility index (Phi) is 4.54. The van der Waals surface area contributed by atoms with Crippen molar-refractivity contribution in [1.82, 2.24) is 15.5 Å². The summed E-state index contributed by atoms with van der Waals surface area (Å²) in [6, 6.07) is 10.5. The molecule has 1 aliphatic rings.